The number of aromatic nitrogens is 3. The zero-order valence-corrected chi connectivity index (χ0v) is 13.2. The summed E-state index contributed by atoms with van der Waals surface area (Å²) in [6.45, 7) is 0.804. The third-order valence-electron chi connectivity index (χ3n) is 3.89. The molecule has 2 aromatic rings. The molecule has 3 nitrogen and oxygen atoms in total. The van der Waals surface area contributed by atoms with Crippen LogP contribution in [0.4, 0.5) is 0 Å². The van der Waals surface area contributed by atoms with E-state index in [0.29, 0.717) is 0 Å². The Bertz CT molecular complexity index is 924. The van der Waals surface area contributed by atoms with Gasteiger partial charge in [0.2, 0.25) is 0 Å². The van der Waals surface area contributed by atoms with Crippen molar-refractivity contribution in [2.45, 2.75) is 6.54 Å². The maximum atomic E-state index is 4.65. The zero-order valence-electron chi connectivity index (χ0n) is 13.2. The molecule has 4 rings (SSSR count). The number of allylic oxidation sites excluding steroid dienone is 1. The quantitative estimate of drug-likeness (QED) is 0.544. The molecule has 0 saturated heterocycles. The second-order valence-electron chi connectivity index (χ2n) is 5.64. The molecule has 0 amide bonds. The third kappa shape index (κ3) is 3.10. The Morgan fingerprint density at radius 3 is 2.29 bits per heavy atom. The van der Waals surface area contributed by atoms with Crippen molar-refractivity contribution in [2.75, 3.05) is 0 Å². The molecular weight excluding hydrogens is 294 g/mol. The average Bonchev–Trinajstić information content (AvgIpc) is 3.07. The van der Waals surface area contributed by atoms with Crippen LogP contribution in [0.5, 0.6) is 0 Å². The smallest absolute Gasteiger partial charge is 0.160 e. The van der Waals surface area contributed by atoms with Crippen LogP contribution in [0.3, 0.4) is 0 Å². The summed E-state index contributed by atoms with van der Waals surface area (Å²) in [5, 5.41) is 0. The number of pyridine rings is 1. The first kappa shape index (κ1) is 14.4. The average molecular weight is 311 g/mol. The minimum absolute atomic E-state index is 0.781. The number of hydrogen-bond donors (Lipinski definition) is 0. The maximum Gasteiger partial charge on any atom is 0.160 e. The topological polar surface area (TPSA) is 30.7 Å². The zero-order chi connectivity index (χ0) is 16.2. The second kappa shape index (κ2) is 6.50. The summed E-state index contributed by atoms with van der Waals surface area (Å²) < 4.78 is 2.12. The normalized spacial score (nSPS) is 11.3. The van der Waals surface area contributed by atoms with Gasteiger partial charge in [-0.05, 0) is 11.6 Å². The van der Waals surface area contributed by atoms with E-state index in [9.17, 15) is 0 Å². The van der Waals surface area contributed by atoms with Crippen LogP contribution in [-0.4, -0.2) is 14.5 Å². The van der Waals surface area contributed by atoms with E-state index in [1.165, 1.54) is 5.56 Å². The van der Waals surface area contributed by atoms with Crippen LogP contribution in [0.1, 0.15) is 5.56 Å². The van der Waals surface area contributed by atoms with Crippen molar-refractivity contribution in [1.29, 1.82) is 0 Å². The summed E-state index contributed by atoms with van der Waals surface area (Å²) in [4.78, 5) is 9.26. The molecule has 0 aliphatic carbocycles. The van der Waals surface area contributed by atoms with Crippen molar-refractivity contribution in [1.82, 2.24) is 14.5 Å². The van der Waals surface area contributed by atoms with Crippen LogP contribution in [0.25, 0.3) is 28.9 Å². The number of benzene rings is 2. The van der Waals surface area contributed by atoms with Gasteiger partial charge in [0.25, 0.3) is 0 Å². The number of nitrogens with zero attached hydrogens (tertiary/aromatic N) is 3. The highest BCUT2D eigenvalue weighted by molar-refractivity contribution is 5.65. The predicted molar refractivity (Wildman–Crippen MR) is 97.6 cm³/mol. The fourth-order valence-electron chi connectivity index (χ4n) is 2.66. The standard InChI is InChI=1S/C21H17N3/c1-3-8-17(9-4-1)10-7-14-24-15-13-19-20(16-24)23-21(22-19)18-11-5-2-6-12-18/h1-13,15-16H,14H2/b10-7+. The van der Waals surface area contributed by atoms with Gasteiger partial charge >= 0.3 is 0 Å². The first-order valence-electron chi connectivity index (χ1n) is 7.99. The highest BCUT2D eigenvalue weighted by Gasteiger charge is 2.11. The minimum atomic E-state index is 0.781. The largest absolute Gasteiger partial charge is 0.348 e. The van der Waals surface area contributed by atoms with E-state index in [-0.39, 0.29) is 0 Å². The van der Waals surface area contributed by atoms with E-state index in [1.807, 2.05) is 67.0 Å². The van der Waals surface area contributed by atoms with Gasteiger partial charge in [-0.1, -0.05) is 72.8 Å². The van der Waals surface area contributed by atoms with Crippen molar-refractivity contribution >= 4 is 6.08 Å². The summed E-state index contributed by atoms with van der Waals surface area (Å²) >= 11 is 0. The number of fused-ring (bicyclic) bond motifs is 1. The molecule has 0 spiro atoms. The highest BCUT2D eigenvalue weighted by atomic mass is 15.0. The summed E-state index contributed by atoms with van der Waals surface area (Å²) in [7, 11) is 0. The lowest BCUT2D eigenvalue weighted by molar-refractivity contribution is 0.814. The van der Waals surface area contributed by atoms with Crippen LogP contribution in [0.15, 0.2) is 85.2 Å². The molecule has 24 heavy (non-hydrogen) atoms. The van der Waals surface area contributed by atoms with Gasteiger partial charge in [0.15, 0.2) is 5.82 Å². The van der Waals surface area contributed by atoms with Crippen LogP contribution >= 0.6 is 0 Å². The van der Waals surface area contributed by atoms with Gasteiger partial charge in [0.1, 0.15) is 5.69 Å². The van der Waals surface area contributed by atoms with Crippen LogP contribution in [-0.2, 0) is 6.54 Å². The van der Waals surface area contributed by atoms with Gasteiger partial charge in [0.05, 0.1) is 5.69 Å². The van der Waals surface area contributed by atoms with E-state index >= 15 is 0 Å². The van der Waals surface area contributed by atoms with E-state index < -0.39 is 0 Å². The lowest BCUT2D eigenvalue weighted by Gasteiger charge is -2.04. The Labute approximate surface area is 141 Å². The predicted octanol–water partition coefficient (Wildman–Crippen LogP) is 4.76. The van der Waals surface area contributed by atoms with Crippen LogP contribution < -0.4 is 0 Å². The maximum absolute atomic E-state index is 4.65. The molecule has 116 valence electrons. The van der Waals surface area contributed by atoms with E-state index in [2.05, 4.69) is 38.8 Å². The van der Waals surface area contributed by atoms with E-state index in [4.69, 9.17) is 0 Å². The van der Waals surface area contributed by atoms with E-state index in [1.54, 1.807) is 0 Å². The Kier molecular flexibility index (Phi) is 3.90. The molecule has 2 aromatic carbocycles. The fourth-order valence-corrected chi connectivity index (χ4v) is 2.66. The van der Waals surface area contributed by atoms with Crippen molar-refractivity contribution in [2.24, 2.45) is 0 Å². The second-order valence-corrected chi connectivity index (χ2v) is 5.64. The summed E-state index contributed by atoms with van der Waals surface area (Å²) in [5.41, 5.74) is 4.10. The van der Waals surface area contributed by atoms with Crippen molar-refractivity contribution < 1.29 is 0 Å². The minimum Gasteiger partial charge on any atom is -0.348 e. The number of hydrogen-bond acceptors (Lipinski definition) is 2. The molecule has 0 radical (unpaired) electrons. The number of rotatable bonds is 4. The van der Waals surface area contributed by atoms with E-state index in [0.717, 1.165) is 29.3 Å². The molecule has 0 N–H and O–H groups in total. The molecule has 0 bridgehead atoms. The molecule has 3 heteroatoms. The van der Waals surface area contributed by atoms with Crippen molar-refractivity contribution in [3.05, 3.63) is 90.8 Å². The molecule has 0 saturated carbocycles. The van der Waals surface area contributed by atoms with Gasteiger partial charge in [-0.3, -0.25) is 0 Å². The summed E-state index contributed by atoms with van der Waals surface area (Å²) in [5.74, 6) is 0.781. The first-order chi connectivity index (χ1) is 11.9. The Balaban J connectivity index is 1.56. The Hall–Kier alpha value is -3.20. The molecule has 0 atom stereocenters. The summed E-state index contributed by atoms with van der Waals surface area (Å²) in [6.07, 6.45) is 8.37. The van der Waals surface area contributed by atoms with Gasteiger partial charge in [-0.15, -0.1) is 0 Å². The lowest BCUT2D eigenvalue weighted by atomic mass is 10.2. The highest BCUT2D eigenvalue weighted by Crippen LogP contribution is 2.24. The van der Waals surface area contributed by atoms with Crippen molar-refractivity contribution in [3.8, 4) is 22.8 Å². The van der Waals surface area contributed by atoms with Gasteiger partial charge in [-0.2, -0.15) is 0 Å². The number of imidazole rings is 1. The third-order valence-corrected chi connectivity index (χ3v) is 3.89. The SMILES string of the molecule is C(=C\c1ccccc1)/Cn1ccc2nc(-c3ccccc3)nc-2c1. The van der Waals surface area contributed by atoms with Gasteiger partial charge in [-0.25, -0.2) is 9.97 Å². The lowest BCUT2D eigenvalue weighted by Crippen LogP contribution is -1.96. The molecular formula is C21H17N3. The summed E-state index contributed by atoms with van der Waals surface area (Å²) in [6, 6.07) is 22.4. The molecule has 2 aliphatic rings. The molecule has 0 aromatic heterocycles. The Morgan fingerprint density at radius 2 is 1.50 bits per heavy atom. The van der Waals surface area contributed by atoms with Crippen LogP contribution in [0, 0.1) is 0 Å². The van der Waals surface area contributed by atoms with Gasteiger partial charge in [0, 0.05) is 24.5 Å². The monoisotopic (exact) mass is 311 g/mol. The van der Waals surface area contributed by atoms with Crippen LogP contribution in [0.2, 0.25) is 0 Å². The molecule has 0 fully saturated rings. The Morgan fingerprint density at radius 1 is 0.792 bits per heavy atom. The van der Waals surface area contributed by atoms with Gasteiger partial charge < -0.3 is 4.57 Å². The first-order valence-corrected chi connectivity index (χ1v) is 7.99. The fraction of sp³-hybridized carbons (Fsp3) is 0.0476. The molecule has 0 unspecified atom stereocenters. The van der Waals surface area contributed by atoms with Crippen molar-refractivity contribution in [3.63, 3.8) is 0 Å². The molecule has 2 heterocycles. The molecule has 2 aliphatic heterocycles.